The van der Waals surface area contributed by atoms with Crippen molar-refractivity contribution in [2.24, 2.45) is 0 Å². The van der Waals surface area contributed by atoms with Gasteiger partial charge in [-0.05, 0) is 41.6 Å². The molecule has 0 radical (unpaired) electrons. The maximum atomic E-state index is 4.41. The van der Waals surface area contributed by atoms with Crippen molar-refractivity contribution in [1.82, 2.24) is 15.3 Å². The van der Waals surface area contributed by atoms with Crippen molar-refractivity contribution in [2.45, 2.75) is 19.4 Å². The third kappa shape index (κ3) is 3.09. The van der Waals surface area contributed by atoms with E-state index in [9.17, 15) is 0 Å². The van der Waals surface area contributed by atoms with Crippen molar-refractivity contribution in [3.8, 4) is 0 Å². The molecule has 0 spiro atoms. The Morgan fingerprint density at radius 2 is 1.81 bits per heavy atom. The molecular formula is C18H19N3. The molecule has 21 heavy (non-hydrogen) atoms. The van der Waals surface area contributed by atoms with Gasteiger partial charge in [-0.15, -0.1) is 0 Å². The minimum absolute atomic E-state index is 0.260. The van der Waals surface area contributed by atoms with E-state index in [-0.39, 0.29) is 6.04 Å². The first-order chi connectivity index (χ1) is 10.4. The molecule has 1 aromatic carbocycles. The molecule has 3 heteroatoms. The number of hydrogen-bond acceptors (Lipinski definition) is 3. The molecular weight excluding hydrogens is 258 g/mol. The van der Waals surface area contributed by atoms with Gasteiger partial charge in [-0.1, -0.05) is 31.2 Å². The Labute approximate surface area is 125 Å². The normalized spacial score (nSPS) is 12.4. The summed E-state index contributed by atoms with van der Waals surface area (Å²) < 4.78 is 0. The molecule has 2 heterocycles. The Hall–Kier alpha value is -2.26. The van der Waals surface area contributed by atoms with Crippen LogP contribution in [0, 0.1) is 0 Å². The van der Waals surface area contributed by atoms with Crippen molar-refractivity contribution in [1.29, 1.82) is 0 Å². The lowest BCUT2D eigenvalue weighted by molar-refractivity contribution is 0.551. The van der Waals surface area contributed by atoms with Crippen LogP contribution >= 0.6 is 0 Å². The summed E-state index contributed by atoms with van der Waals surface area (Å²) in [5, 5.41) is 6.04. The molecule has 0 aliphatic rings. The van der Waals surface area contributed by atoms with Crippen LogP contribution in [0.5, 0.6) is 0 Å². The third-order valence-electron chi connectivity index (χ3n) is 3.71. The van der Waals surface area contributed by atoms with Gasteiger partial charge in [0.25, 0.3) is 0 Å². The van der Waals surface area contributed by atoms with Crippen molar-refractivity contribution < 1.29 is 0 Å². The summed E-state index contributed by atoms with van der Waals surface area (Å²) in [7, 11) is 0. The van der Waals surface area contributed by atoms with Crippen LogP contribution in [0.4, 0.5) is 0 Å². The van der Waals surface area contributed by atoms with E-state index in [1.165, 1.54) is 21.9 Å². The molecule has 106 valence electrons. The van der Waals surface area contributed by atoms with Crippen molar-refractivity contribution in [3.63, 3.8) is 0 Å². The minimum Gasteiger partial charge on any atom is -0.310 e. The molecule has 3 rings (SSSR count). The van der Waals surface area contributed by atoms with Gasteiger partial charge in [0.05, 0.1) is 0 Å². The maximum absolute atomic E-state index is 4.41. The first-order valence-corrected chi connectivity index (χ1v) is 7.33. The molecule has 1 unspecified atom stereocenters. The number of nitrogens with zero attached hydrogens (tertiary/aromatic N) is 2. The highest BCUT2D eigenvalue weighted by molar-refractivity contribution is 5.85. The van der Waals surface area contributed by atoms with Crippen LogP contribution in [-0.4, -0.2) is 16.5 Å². The van der Waals surface area contributed by atoms with Crippen LogP contribution in [0.1, 0.15) is 24.1 Å². The molecule has 0 fully saturated rings. The predicted molar refractivity (Wildman–Crippen MR) is 86.1 cm³/mol. The SMILES string of the molecule is CCNC(Cc1ccncc1)c1cncc2ccccc12. The zero-order chi connectivity index (χ0) is 14.5. The first-order valence-electron chi connectivity index (χ1n) is 7.33. The lowest BCUT2D eigenvalue weighted by Gasteiger charge is -2.20. The summed E-state index contributed by atoms with van der Waals surface area (Å²) in [5.41, 5.74) is 2.54. The first kappa shape index (κ1) is 13.7. The number of aromatic nitrogens is 2. The summed E-state index contributed by atoms with van der Waals surface area (Å²) in [5.74, 6) is 0. The van der Waals surface area contributed by atoms with Crippen LogP contribution in [0.15, 0.2) is 61.2 Å². The van der Waals surface area contributed by atoms with Gasteiger partial charge in [-0.25, -0.2) is 0 Å². The number of likely N-dealkylation sites (N-methyl/N-ethyl adjacent to an activating group) is 1. The van der Waals surface area contributed by atoms with E-state index in [1.54, 1.807) is 0 Å². The standard InChI is InChI=1S/C18H19N3/c1-2-21-18(11-14-7-9-19-10-8-14)17-13-20-12-15-5-3-4-6-16(15)17/h3-10,12-13,18,21H,2,11H2,1H3. The molecule has 1 atom stereocenters. The number of pyridine rings is 2. The van der Waals surface area contributed by atoms with E-state index >= 15 is 0 Å². The second-order valence-electron chi connectivity index (χ2n) is 5.12. The highest BCUT2D eigenvalue weighted by Gasteiger charge is 2.14. The Balaban J connectivity index is 1.99. The highest BCUT2D eigenvalue weighted by atomic mass is 14.9. The number of fused-ring (bicyclic) bond motifs is 1. The second kappa shape index (κ2) is 6.46. The monoisotopic (exact) mass is 277 g/mol. The van der Waals surface area contributed by atoms with Gasteiger partial charge < -0.3 is 5.32 Å². The Bertz CT molecular complexity index is 704. The Morgan fingerprint density at radius 1 is 1.00 bits per heavy atom. The van der Waals surface area contributed by atoms with E-state index in [4.69, 9.17) is 0 Å². The number of hydrogen-bond donors (Lipinski definition) is 1. The number of nitrogens with one attached hydrogen (secondary N) is 1. The smallest absolute Gasteiger partial charge is 0.0382 e. The summed E-state index contributed by atoms with van der Waals surface area (Å²) in [6.45, 7) is 3.07. The fraction of sp³-hybridized carbons (Fsp3) is 0.222. The van der Waals surface area contributed by atoms with Crippen LogP contribution < -0.4 is 5.32 Å². The predicted octanol–water partition coefficient (Wildman–Crippen LogP) is 3.52. The van der Waals surface area contributed by atoms with Gasteiger partial charge >= 0.3 is 0 Å². The zero-order valence-corrected chi connectivity index (χ0v) is 12.2. The lowest BCUT2D eigenvalue weighted by Crippen LogP contribution is -2.23. The molecule has 0 saturated carbocycles. The molecule has 0 aliphatic heterocycles. The van der Waals surface area contributed by atoms with Gasteiger partial charge in [-0.2, -0.15) is 0 Å². The van der Waals surface area contributed by atoms with E-state index in [0.717, 1.165) is 13.0 Å². The van der Waals surface area contributed by atoms with Crippen LogP contribution in [0.2, 0.25) is 0 Å². The summed E-state index contributed by atoms with van der Waals surface area (Å²) in [4.78, 5) is 8.49. The third-order valence-corrected chi connectivity index (χ3v) is 3.71. The van der Waals surface area contributed by atoms with Gasteiger partial charge in [0, 0.05) is 36.2 Å². The summed E-state index contributed by atoms with van der Waals surface area (Å²) >= 11 is 0. The summed E-state index contributed by atoms with van der Waals surface area (Å²) in [6, 6.07) is 12.8. The molecule has 3 aromatic rings. The van der Waals surface area contributed by atoms with Crippen molar-refractivity contribution in [2.75, 3.05) is 6.54 Å². The van der Waals surface area contributed by atoms with Gasteiger partial charge in [0.15, 0.2) is 0 Å². The molecule has 0 saturated heterocycles. The van der Waals surface area contributed by atoms with Crippen LogP contribution in [0.3, 0.4) is 0 Å². The van der Waals surface area contributed by atoms with E-state index in [2.05, 4.69) is 58.6 Å². The van der Waals surface area contributed by atoms with E-state index in [0.29, 0.717) is 0 Å². The fourth-order valence-corrected chi connectivity index (χ4v) is 2.71. The number of benzene rings is 1. The lowest BCUT2D eigenvalue weighted by atomic mass is 9.96. The highest BCUT2D eigenvalue weighted by Crippen LogP contribution is 2.25. The fourth-order valence-electron chi connectivity index (χ4n) is 2.71. The second-order valence-corrected chi connectivity index (χ2v) is 5.12. The molecule has 0 bridgehead atoms. The van der Waals surface area contributed by atoms with Crippen molar-refractivity contribution in [3.05, 3.63) is 72.3 Å². The zero-order valence-electron chi connectivity index (χ0n) is 12.2. The summed E-state index contributed by atoms with van der Waals surface area (Å²) in [6.07, 6.45) is 8.54. The number of rotatable bonds is 5. The average molecular weight is 277 g/mol. The van der Waals surface area contributed by atoms with E-state index < -0.39 is 0 Å². The quantitative estimate of drug-likeness (QED) is 0.775. The Morgan fingerprint density at radius 3 is 2.62 bits per heavy atom. The minimum atomic E-state index is 0.260. The largest absolute Gasteiger partial charge is 0.310 e. The molecule has 0 aliphatic carbocycles. The van der Waals surface area contributed by atoms with Gasteiger partial charge in [0.2, 0.25) is 0 Å². The van der Waals surface area contributed by atoms with Crippen molar-refractivity contribution >= 4 is 10.8 Å². The van der Waals surface area contributed by atoms with Gasteiger partial charge in [0.1, 0.15) is 0 Å². The van der Waals surface area contributed by atoms with E-state index in [1.807, 2.05) is 24.8 Å². The topological polar surface area (TPSA) is 37.8 Å². The molecule has 0 amide bonds. The van der Waals surface area contributed by atoms with Gasteiger partial charge in [-0.3, -0.25) is 9.97 Å². The average Bonchev–Trinajstić information content (AvgIpc) is 2.55. The van der Waals surface area contributed by atoms with Crippen LogP contribution in [0.25, 0.3) is 10.8 Å². The molecule has 1 N–H and O–H groups in total. The molecule has 2 aromatic heterocycles. The van der Waals surface area contributed by atoms with Crippen LogP contribution in [-0.2, 0) is 6.42 Å². The Kier molecular flexibility index (Phi) is 4.22. The maximum Gasteiger partial charge on any atom is 0.0382 e. The molecule has 3 nitrogen and oxygen atoms in total.